The van der Waals surface area contributed by atoms with Crippen LogP contribution in [0.5, 0.6) is 5.75 Å². The van der Waals surface area contributed by atoms with Gasteiger partial charge in [-0.25, -0.2) is 0 Å². The monoisotopic (exact) mass is 380 g/mol. The fourth-order valence-electron chi connectivity index (χ4n) is 2.97. The van der Waals surface area contributed by atoms with E-state index in [2.05, 4.69) is 0 Å². The van der Waals surface area contributed by atoms with Crippen molar-refractivity contribution in [2.24, 2.45) is 5.92 Å². The van der Waals surface area contributed by atoms with Gasteiger partial charge in [-0.15, -0.1) is 0 Å². The largest absolute Gasteiger partial charge is 0.491 e. The maximum absolute atomic E-state index is 12.8. The van der Waals surface area contributed by atoms with Crippen LogP contribution in [0.1, 0.15) is 44.7 Å². The first-order valence-electron chi connectivity index (χ1n) is 8.71. The number of hydrogen-bond acceptors (Lipinski definition) is 2. The molecule has 0 spiro atoms. The van der Waals surface area contributed by atoms with Crippen molar-refractivity contribution >= 4 is 5.97 Å². The van der Waals surface area contributed by atoms with Crippen molar-refractivity contribution < 1.29 is 27.8 Å². The molecule has 0 aliphatic rings. The van der Waals surface area contributed by atoms with Crippen molar-refractivity contribution in [1.82, 2.24) is 0 Å². The lowest BCUT2D eigenvalue weighted by atomic mass is 9.86. The number of carboxylic acid groups (broad SMARTS) is 1. The SMILES string of the molecule is CC(C)Oc1cc(-c2ccc(C(F)(F)F)cc2)cc(C(C(=O)O)C(C)C)c1. The Kier molecular flexibility index (Phi) is 6.19. The van der Waals surface area contributed by atoms with E-state index < -0.39 is 23.6 Å². The van der Waals surface area contributed by atoms with Gasteiger partial charge in [-0.3, -0.25) is 4.79 Å². The van der Waals surface area contributed by atoms with Crippen LogP contribution in [-0.2, 0) is 11.0 Å². The lowest BCUT2D eigenvalue weighted by Crippen LogP contribution is -2.18. The molecular formula is C21H23F3O3. The molecule has 0 saturated carbocycles. The first-order valence-corrected chi connectivity index (χ1v) is 8.71. The zero-order valence-corrected chi connectivity index (χ0v) is 15.7. The fourth-order valence-corrected chi connectivity index (χ4v) is 2.97. The van der Waals surface area contributed by atoms with Crippen molar-refractivity contribution in [2.45, 2.75) is 45.9 Å². The fraction of sp³-hybridized carbons (Fsp3) is 0.381. The smallest absolute Gasteiger partial charge is 0.416 e. The van der Waals surface area contributed by atoms with Gasteiger partial charge in [-0.1, -0.05) is 32.0 Å². The Morgan fingerprint density at radius 1 is 0.963 bits per heavy atom. The van der Waals surface area contributed by atoms with Crippen LogP contribution in [0.3, 0.4) is 0 Å². The molecule has 1 unspecified atom stereocenters. The second-order valence-electron chi connectivity index (χ2n) is 7.09. The highest BCUT2D eigenvalue weighted by Gasteiger charge is 2.30. The predicted molar refractivity (Wildman–Crippen MR) is 97.9 cm³/mol. The summed E-state index contributed by atoms with van der Waals surface area (Å²) in [5, 5.41) is 9.59. The Morgan fingerprint density at radius 2 is 1.56 bits per heavy atom. The number of halogens is 3. The summed E-state index contributed by atoms with van der Waals surface area (Å²) in [5.41, 5.74) is 1.01. The zero-order chi connectivity index (χ0) is 20.4. The van der Waals surface area contributed by atoms with Crippen molar-refractivity contribution in [3.8, 4) is 16.9 Å². The molecule has 27 heavy (non-hydrogen) atoms. The first-order chi connectivity index (χ1) is 12.5. The number of carbonyl (C=O) groups is 1. The number of ether oxygens (including phenoxy) is 1. The van der Waals surface area contributed by atoms with Gasteiger partial charge >= 0.3 is 12.1 Å². The van der Waals surface area contributed by atoms with E-state index in [0.29, 0.717) is 22.4 Å². The number of benzene rings is 2. The molecule has 146 valence electrons. The van der Waals surface area contributed by atoms with Gasteiger partial charge in [0.05, 0.1) is 17.6 Å². The lowest BCUT2D eigenvalue weighted by Gasteiger charge is -2.20. The topological polar surface area (TPSA) is 46.5 Å². The Hall–Kier alpha value is -2.50. The van der Waals surface area contributed by atoms with E-state index >= 15 is 0 Å². The molecule has 1 N–H and O–H groups in total. The minimum atomic E-state index is -4.40. The van der Waals surface area contributed by atoms with Gasteiger partial charge in [0.1, 0.15) is 5.75 Å². The van der Waals surface area contributed by atoms with Gasteiger partial charge < -0.3 is 9.84 Å². The van der Waals surface area contributed by atoms with Crippen LogP contribution < -0.4 is 4.74 Å². The van der Waals surface area contributed by atoms with Crippen LogP contribution in [0, 0.1) is 5.92 Å². The highest BCUT2D eigenvalue weighted by atomic mass is 19.4. The predicted octanol–water partition coefficient (Wildman–Crippen LogP) is 5.98. The number of rotatable bonds is 6. The van der Waals surface area contributed by atoms with Gasteiger partial charge in [0.25, 0.3) is 0 Å². The van der Waals surface area contributed by atoms with Crippen molar-refractivity contribution in [2.75, 3.05) is 0 Å². The Morgan fingerprint density at radius 3 is 2.00 bits per heavy atom. The van der Waals surface area contributed by atoms with E-state index in [1.54, 1.807) is 18.2 Å². The zero-order valence-electron chi connectivity index (χ0n) is 15.7. The summed E-state index contributed by atoms with van der Waals surface area (Å²) in [6, 6.07) is 9.90. The Balaban J connectivity index is 2.54. The van der Waals surface area contributed by atoms with Crippen LogP contribution in [-0.4, -0.2) is 17.2 Å². The van der Waals surface area contributed by atoms with Gasteiger partial charge in [0.15, 0.2) is 0 Å². The molecule has 3 nitrogen and oxygen atoms in total. The molecule has 6 heteroatoms. The first kappa shape index (κ1) is 20.8. The average molecular weight is 380 g/mol. The Labute approximate surface area is 156 Å². The molecule has 0 heterocycles. The highest BCUT2D eigenvalue weighted by Crippen LogP contribution is 2.35. The average Bonchev–Trinajstić information content (AvgIpc) is 2.52. The van der Waals surface area contributed by atoms with E-state index in [1.807, 2.05) is 27.7 Å². The lowest BCUT2D eigenvalue weighted by molar-refractivity contribution is -0.140. The molecular weight excluding hydrogens is 357 g/mol. The Bertz CT molecular complexity index is 793. The van der Waals surface area contributed by atoms with Gasteiger partial charge in [0.2, 0.25) is 0 Å². The molecule has 0 bridgehead atoms. The van der Waals surface area contributed by atoms with Crippen molar-refractivity contribution in [3.05, 3.63) is 53.6 Å². The van der Waals surface area contributed by atoms with Crippen molar-refractivity contribution in [3.63, 3.8) is 0 Å². The number of carboxylic acids is 1. The summed E-state index contributed by atoms with van der Waals surface area (Å²) in [6.45, 7) is 7.32. The van der Waals surface area contributed by atoms with Gasteiger partial charge in [-0.2, -0.15) is 13.2 Å². The van der Waals surface area contributed by atoms with Crippen LogP contribution in [0.15, 0.2) is 42.5 Å². The van der Waals surface area contributed by atoms with Crippen LogP contribution in [0.2, 0.25) is 0 Å². The van der Waals surface area contributed by atoms with E-state index in [4.69, 9.17) is 4.74 Å². The molecule has 2 aromatic rings. The summed E-state index contributed by atoms with van der Waals surface area (Å²) in [7, 11) is 0. The molecule has 2 aromatic carbocycles. The molecule has 0 aliphatic heterocycles. The third-order valence-electron chi connectivity index (χ3n) is 4.14. The minimum Gasteiger partial charge on any atom is -0.491 e. The van der Waals surface area contributed by atoms with E-state index in [-0.39, 0.29) is 12.0 Å². The number of hydrogen-bond donors (Lipinski definition) is 1. The van der Waals surface area contributed by atoms with Crippen LogP contribution in [0.25, 0.3) is 11.1 Å². The summed E-state index contributed by atoms with van der Waals surface area (Å²) in [4.78, 5) is 11.7. The molecule has 0 saturated heterocycles. The van der Waals surface area contributed by atoms with Crippen LogP contribution in [0.4, 0.5) is 13.2 Å². The number of alkyl halides is 3. The molecule has 0 aliphatic carbocycles. The van der Waals surface area contributed by atoms with Crippen LogP contribution >= 0.6 is 0 Å². The molecule has 2 rings (SSSR count). The molecule has 1 atom stereocenters. The normalized spacial score (nSPS) is 13.1. The molecule has 0 radical (unpaired) electrons. The maximum atomic E-state index is 12.8. The standard InChI is InChI=1S/C21H23F3O3/c1-12(2)19(20(25)26)16-9-15(10-18(11-16)27-13(3)4)14-5-7-17(8-6-14)21(22,23)24/h5-13,19H,1-4H3,(H,25,26). The minimum absolute atomic E-state index is 0.122. The quantitative estimate of drug-likeness (QED) is 0.670. The molecule has 0 aromatic heterocycles. The summed E-state index contributed by atoms with van der Waals surface area (Å²) in [5.74, 6) is -1.36. The second kappa shape index (κ2) is 8.03. The summed E-state index contributed by atoms with van der Waals surface area (Å²) >= 11 is 0. The van der Waals surface area contributed by atoms with Gasteiger partial charge in [-0.05, 0) is 60.7 Å². The molecule has 0 fully saturated rings. The second-order valence-corrected chi connectivity index (χ2v) is 7.09. The van der Waals surface area contributed by atoms with Gasteiger partial charge in [0, 0.05) is 0 Å². The van der Waals surface area contributed by atoms with E-state index in [9.17, 15) is 23.1 Å². The molecule has 0 amide bonds. The highest BCUT2D eigenvalue weighted by molar-refractivity contribution is 5.78. The van der Waals surface area contributed by atoms with E-state index in [0.717, 1.165) is 12.1 Å². The van der Waals surface area contributed by atoms with E-state index in [1.165, 1.54) is 12.1 Å². The third-order valence-corrected chi connectivity index (χ3v) is 4.14. The summed E-state index contributed by atoms with van der Waals surface area (Å²) < 4.78 is 44.1. The third kappa shape index (κ3) is 5.25. The number of aliphatic carboxylic acids is 1. The maximum Gasteiger partial charge on any atom is 0.416 e. The van der Waals surface area contributed by atoms with Crippen molar-refractivity contribution in [1.29, 1.82) is 0 Å². The summed E-state index contributed by atoms with van der Waals surface area (Å²) in [6.07, 6.45) is -4.53.